The summed E-state index contributed by atoms with van der Waals surface area (Å²) < 4.78 is 91.9. The van der Waals surface area contributed by atoms with Crippen LogP contribution in [0.4, 0.5) is 0 Å². The zero-order valence-electron chi connectivity index (χ0n) is 22.2. The summed E-state index contributed by atoms with van der Waals surface area (Å²) in [6.45, 7) is -1.32. The number of rotatable bonds is 13. The van der Waals surface area contributed by atoms with Crippen molar-refractivity contribution in [1.82, 2.24) is 0 Å². The fourth-order valence-corrected chi connectivity index (χ4v) is 8.43. The number of methoxy groups -OCH3 is 2. The maximum Gasteiger partial charge on any atom is 0.472 e. The molecule has 6 radical (unpaired) electrons. The quantitative estimate of drug-likeness (QED) is 0.165. The fourth-order valence-electron chi connectivity index (χ4n) is 6.35. The first-order chi connectivity index (χ1) is 19.3. The van der Waals surface area contributed by atoms with Crippen molar-refractivity contribution in [3.05, 3.63) is 0 Å². The average Bonchev–Trinajstić information content (AvgIpc) is 3.69. The first kappa shape index (κ1) is 31.1. The lowest BCUT2D eigenvalue weighted by atomic mass is 9.92. The van der Waals surface area contributed by atoms with Crippen molar-refractivity contribution in [2.24, 2.45) is 0 Å². The highest BCUT2D eigenvalue weighted by atomic mass is 31.2. The summed E-state index contributed by atoms with van der Waals surface area (Å²) in [7, 11) is 11.0. The lowest BCUT2D eigenvalue weighted by Crippen LogP contribution is -2.47. The van der Waals surface area contributed by atoms with E-state index < -0.39 is 100 Å². The lowest BCUT2D eigenvalue weighted by molar-refractivity contribution is -0.145. The second-order valence-corrected chi connectivity index (χ2v) is 13.7. The number of hydrogen-bond donors (Lipinski definition) is 2. The van der Waals surface area contributed by atoms with Crippen molar-refractivity contribution in [3.63, 3.8) is 0 Å². The van der Waals surface area contributed by atoms with Crippen LogP contribution in [-0.4, -0.2) is 159 Å². The Balaban J connectivity index is 1.11. The van der Waals surface area contributed by atoms with Gasteiger partial charge in [-0.25, -0.2) is 9.13 Å². The summed E-state index contributed by atoms with van der Waals surface area (Å²) in [5.41, 5.74) is -4.09. The summed E-state index contributed by atoms with van der Waals surface area (Å²) in [6, 6.07) is -2.83. The van der Waals surface area contributed by atoms with Crippen LogP contribution < -0.4 is 0 Å². The van der Waals surface area contributed by atoms with Gasteiger partial charge < -0.3 is 47.7 Å². The molecule has 6 fully saturated rings. The molecule has 0 aromatic rings. The van der Waals surface area contributed by atoms with Crippen LogP contribution in [0.25, 0.3) is 0 Å². The van der Waals surface area contributed by atoms with Crippen LogP contribution in [0, 0.1) is 0 Å². The van der Waals surface area contributed by atoms with E-state index in [0.29, 0.717) is 0 Å². The number of phosphoric ester groups is 2. The predicted molar refractivity (Wildman–Crippen MR) is 133 cm³/mol. The summed E-state index contributed by atoms with van der Waals surface area (Å²) in [5.74, 6) is 0. The SMILES string of the molecule is [B]C1O[C@@]2(COP(=O)(O)OC3C4OC[C@]3(COC)OC4[B])COC1C2OP(=O)(O)OCC12COC(C([B])O1)[C@H]2OC. The first-order valence-electron chi connectivity index (χ1n) is 12.8. The third-order valence-electron chi connectivity index (χ3n) is 8.17. The molecule has 224 valence electrons. The van der Waals surface area contributed by atoms with Crippen LogP contribution in [0.5, 0.6) is 0 Å². The molecule has 41 heavy (non-hydrogen) atoms. The maximum atomic E-state index is 13.1. The van der Waals surface area contributed by atoms with Gasteiger partial charge in [0.25, 0.3) is 0 Å². The van der Waals surface area contributed by atoms with Gasteiger partial charge in [0, 0.05) is 32.2 Å². The van der Waals surface area contributed by atoms with Crippen molar-refractivity contribution < 1.29 is 74.9 Å². The molecule has 21 heteroatoms. The molecular weight excluding hydrogens is 591 g/mol. The van der Waals surface area contributed by atoms with E-state index in [-0.39, 0.29) is 26.4 Å². The number of hydrogen-bond acceptors (Lipinski definition) is 14. The molecule has 0 aromatic heterocycles. The first-order valence-corrected chi connectivity index (χ1v) is 15.8. The number of phosphoric acid groups is 2. The van der Waals surface area contributed by atoms with Crippen LogP contribution in [0.3, 0.4) is 0 Å². The smallest absolute Gasteiger partial charge is 0.381 e. The molecule has 6 rings (SSSR count). The molecule has 11 unspecified atom stereocenters. The molecule has 0 saturated carbocycles. The van der Waals surface area contributed by atoms with Gasteiger partial charge in [-0.05, 0) is 0 Å². The van der Waals surface area contributed by atoms with Gasteiger partial charge in [0.1, 0.15) is 77.0 Å². The Labute approximate surface area is 239 Å². The molecule has 0 spiro atoms. The summed E-state index contributed by atoms with van der Waals surface area (Å²) >= 11 is 0. The van der Waals surface area contributed by atoms with Gasteiger partial charge >= 0.3 is 15.6 Å². The Hall–Kier alpha value is 0.0948. The van der Waals surface area contributed by atoms with Crippen LogP contribution >= 0.6 is 15.6 Å². The standard InChI is InChI=1S/C20H29B3O16P2/c1-28-3-18-4-31-10(16(22)35-18)13(18)38-41(26,27)34-8-20-6-32-11(17(23)37-20)14(20)39-40(24,25)33-7-19-5-30-9(12(19)29-2)15(21)36-19/h9-17H,3-8H2,1-2H3,(H,24,25)(H,26,27)/t9?,10?,11?,12-,13?,14?,15?,16?,17?,18+,19?,20-/m1/s1. The Morgan fingerprint density at radius 3 is 1.41 bits per heavy atom. The second-order valence-electron chi connectivity index (χ2n) is 10.9. The molecule has 6 aliphatic heterocycles. The molecule has 6 saturated heterocycles. The highest BCUT2D eigenvalue weighted by molar-refractivity contribution is 7.47. The predicted octanol–water partition coefficient (Wildman–Crippen LogP) is -2.36. The van der Waals surface area contributed by atoms with Crippen molar-refractivity contribution in [3.8, 4) is 0 Å². The van der Waals surface area contributed by atoms with Crippen molar-refractivity contribution in [2.45, 2.75) is 71.4 Å². The van der Waals surface area contributed by atoms with Crippen molar-refractivity contribution >= 4 is 39.2 Å². The normalized spacial score (nSPS) is 50.9. The van der Waals surface area contributed by atoms with Gasteiger partial charge in [-0.2, -0.15) is 0 Å². The molecule has 0 aliphatic carbocycles. The Kier molecular flexibility index (Phi) is 8.24. The van der Waals surface area contributed by atoms with Crippen LogP contribution in [-0.2, 0) is 65.1 Å². The van der Waals surface area contributed by atoms with E-state index in [1.165, 1.54) is 14.2 Å². The van der Waals surface area contributed by atoms with E-state index in [0.717, 1.165) is 0 Å². The minimum absolute atomic E-state index is 0.0167. The monoisotopic (exact) mass is 620 g/mol. The highest BCUT2D eigenvalue weighted by Crippen LogP contribution is 2.57. The molecule has 6 heterocycles. The van der Waals surface area contributed by atoms with Gasteiger partial charge in [-0.15, -0.1) is 0 Å². The molecule has 6 aliphatic rings. The third-order valence-corrected chi connectivity index (χ3v) is 10.1. The Morgan fingerprint density at radius 1 is 0.683 bits per heavy atom. The fraction of sp³-hybridized carbons (Fsp3) is 1.00. The van der Waals surface area contributed by atoms with Gasteiger partial charge in [0.2, 0.25) is 0 Å². The molecule has 0 amide bonds. The van der Waals surface area contributed by atoms with E-state index in [1.54, 1.807) is 0 Å². The minimum Gasteiger partial charge on any atom is -0.381 e. The number of ether oxygens (including phenoxy) is 8. The molecule has 0 aromatic carbocycles. The van der Waals surface area contributed by atoms with E-state index >= 15 is 0 Å². The maximum absolute atomic E-state index is 13.1. The van der Waals surface area contributed by atoms with Gasteiger partial charge in [-0.3, -0.25) is 18.1 Å². The van der Waals surface area contributed by atoms with Crippen LogP contribution in [0.2, 0.25) is 0 Å². The topological polar surface area (TPSA) is 185 Å². The van der Waals surface area contributed by atoms with E-state index in [9.17, 15) is 18.9 Å². The van der Waals surface area contributed by atoms with E-state index in [1.807, 2.05) is 0 Å². The summed E-state index contributed by atoms with van der Waals surface area (Å²) in [5, 5.41) is 0. The molecular formula is C20H29B3O16P2. The zero-order valence-corrected chi connectivity index (χ0v) is 24.0. The largest absolute Gasteiger partial charge is 0.472 e. The zero-order chi connectivity index (χ0) is 29.4. The summed E-state index contributed by atoms with van der Waals surface area (Å²) in [4.78, 5) is 21.2. The Morgan fingerprint density at radius 2 is 1.05 bits per heavy atom. The Bertz CT molecular complexity index is 1110. The lowest BCUT2D eigenvalue weighted by Gasteiger charge is -2.33. The number of fused-ring (bicyclic) bond motifs is 6. The van der Waals surface area contributed by atoms with Crippen LogP contribution in [0.1, 0.15) is 0 Å². The minimum atomic E-state index is -4.84. The molecule has 2 N–H and O–H groups in total. The van der Waals surface area contributed by atoms with Crippen molar-refractivity contribution in [1.29, 1.82) is 0 Å². The summed E-state index contributed by atoms with van der Waals surface area (Å²) in [6.07, 6.45) is -5.47. The van der Waals surface area contributed by atoms with Crippen molar-refractivity contribution in [2.75, 3.05) is 53.9 Å². The van der Waals surface area contributed by atoms with Gasteiger partial charge in [-0.1, -0.05) is 0 Å². The molecule has 6 bridgehead atoms. The molecule has 16 nitrogen and oxygen atoms in total. The van der Waals surface area contributed by atoms with E-state index in [2.05, 4.69) is 0 Å². The third kappa shape index (κ3) is 5.27. The average molecular weight is 620 g/mol. The molecule has 14 atom stereocenters. The highest BCUT2D eigenvalue weighted by Gasteiger charge is 2.66. The van der Waals surface area contributed by atoms with Gasteiger partial charge in [0.05, 0.1) is 39.6 Å². The van der Waals surface area contributed by atoms with Gasteiger partial charge in [0.15, 0.2) is 0 Å². The second kappa shape index (κ2) is 10.9. The van der Waals surface area contributed by atoms with Crippen LogP contribution in [0.15, 0.2) is 0 Å². The van der Waals surface area contributed by atoms with E-state index in [4.69, 9.17) is 79.5 Å².